The van der Waals surface area contributed by atoms with Crippen LogP contribution in [0.25, 0.3) is 0 Å². The second-order valence-electron chi connectivity index (χ2n) is 6.25. The third-order valence-electron chi connectivity index (χ3n) is 4.46. The van der Waals surface area contributed by atoms with Crippen molar-refractivity contribution < 1.29 is 9.82 Å². The predicted molar refractivity (Wildman–Crippen MR) is 107 cm³/mol. The number of thiocarbonyl (C=S) groups is 1. The number of rotatable bonds is 4. The molecular formula is C18H20ClN4O2S+. The summed E-state index contributed by atoms with van der Waals surface area (Å²) in [6.07, 6.45) is 0. The molecule has 0 amide bonds. The summed E-state index contributed by atoms with van der Waals surface area (Å²) in [7, 11) is 0. The van der Waals surface area contributed by atoms with E-state index in [9.17, 15) is 10.1 Å². The molecule has 2 N–H and O–H groups in total. The van der Waals surface area contributed by atoms with E-state index in [-0.39, 0.29) is 5.69 Å². The van der Waals surface area contributed by atoms with Crippen LogP contribution in [0.3, 0.4) is 0 Å². The minimum atomic E-state index is -0.448. The number of hydrogen-bond acceptors (Lipinski definition) is 3. The Morgan fingerprint density at radius 2 is 1.92 bits per heavy atom. The second-order valence-corrected chi connectivity index (χ2v) is 7.04. The Hall–Kier alpha value is -2.22. The molecule has 0 aliphatic carbocycles. The van der Waals surface area contributed by atoms with Crippen molar-refractivity contribution in [2.75, 3.05) is 31.5 Å². The van der Waals surface area contributed by atoms with E-state index in [2.05, 4.69) is 34.5 Å². The van der Waals surface area contributed by atoms with Crippen LogP contribution in [0.5, 0.6) is 0 Å². The molecule has 0 saturated carbocycles. The minimum absolute atomic E-state index is 0.0168. The van der Waals surface area contributed by atoms with Crippen molar-refractivity contribution in [3.63, 3.8) is 0 Å². The molecule has 1 heterocycles. The number of nitro groups is 1. The second kappa shape index (κ2) is 8.44. The summed E-state index contributed by atoms with van der Waals surface area (Å²) in [5, 5.41) is 14.9. The first-order valence-electron chi connectivity index (χ1n) is 8.40. The number of benzene rings is 2. The fourth-order valence-electron chi connectivity index (χ4n) is 3.00. The first-order chi connectivity index (χ1) is 12.5. The lowest BCUT2D eigenvalue weighted by molar-refractivity contribution is -0.917. The number of nitrogens with zero attached hydrogens (tertiary/aromatic N) is 2. The maximum Gasteiger partial charge on any atom is 0.271 e. The highest BCUT2D eigenvalue weighted by Crippen LogP contribution is 2.26. The van der Waals surface area contributed by atoms with Gasteiger partial charge in [-0.2, -0.15) is 0 Å². The molecule has 1 aliphatic heterocycles. The molecule has 2 aromatic carbocycles. The summed E-state index contributed by atoms with van der Waals surface area (Å²) in [5.74, 6) is 0. The number of halogens is 1. The van der Waals surface area contributed by atoms with Gasteiger partial charge in [-0.05, 0) is 18.3 Å². The first kappa shape index (κ1) is 18.6. The van der Waals surface area contributed by atoms with Crippen LogP contribution < -0.4 is 10.2 Å². The summed E-state index contributed by atoms with van der Waals surface area (Å²) >= 11 is 11.6. The fourth-order valence-corrected chi connectivity index (χ4v) is 3.46. The number of piperazine rings is 1. The lowest BCUT2D eigenvalue weighted by atomic mass is 10.2. The summed E-state index contributed by atoms with van der Waals surface area (Å²) in [5.41, 5.74) is 1.78. The normalized spacial score (nSPS) is 14.9. The van der Waals surface area contributed by atoms with Gasteiger partial charge in [-0.3, -0.25) is 10.1 Å². The Morgan fingerprint density at radius 1 is 1.23 bits per heavy atom. The van der Waals surface area contributed by atoms with Gasteiger partial charge in [0.25, 0.3) is 5.69 Å². The SMILES string of the molecule is O=[N+]([O-])c1ccc(Cl)c(NC(=S)N2CC[NH+](Cc3ccccc3)CC2)c1. The molecule has 8 heteroatoms. The van der Waals surface area contributed by atoms with Crippen molar-refractivity contribution in [2.24, 2.45) is 0 Å². The van der Waals surface area contributed by atoms with Crippen molar-refractivity contribution in [3.05, 3.63) is 69.2 Å². The van der Waals surface area contributed by atoms with E-state index in [0.717, 1.165) is 32.7 Å². The first-order valence-corrected chi connectivity index (χ1v) is 9.19. The van der Waals surface area contributed by atoms with Gasteiger partial charge in [-0.25, -0.2) is 0 Å². The van der Waals surface area contributed by atoms with Gasteiger partial charge < -0.3 is 15.1 Å². The fraction of sp³-hybridized carbons (Fsp3) is 0.278. The zero-order chi connectivity index (χ0) is 18.5. The smallest absolute Gasteiger partial charge is 0.271 e. The highest BCUT2D eigenvalue weighted by atomic mass is 35.5. The summed E-state index contributed by atoms with van der Waals surface area (Å²) in [4.78, 5) is 14.1. The average Bonchev–Trinajstić information content (AvgIpc) is 2.64. The third kappa shape index (κ3) is 4.69. The molecule has 1 aliphatic rings. The van der Waals surface area contributed by atoms with Crippen LogP contribution in [0.2, 0.25) is 5.02 Å². The van der Waals surface area contributed by atoms with Crippen LogP contribution in [-0.4, -0.2) is 41.1 Å². The standard InChI is InChI=1S/C18H19ClN4O2S/c19-16-7-6-15(23(24)25)12-17(16)20-18(26)22-10-8-21(9-11-22)13-14-4-2-1-3-5-14/h1-7,12H,8-11,13H2,(H,20,26)/p+1. The molecule has 0 spiro atoms. The molecular weight excluding hydrogens is 372 g/mol. The predicted octanol–water partition coefficient (Wildman–Crippen LogP) is 2.35. The topological polar surface area (TPSA) is 62.9 Å². The lowest BCUT2D eigenvalue weighted by Gasteiger charge is -2.34. The zero-order valence-electron chi connectivity index (χ0n) is 14.2. The molecule has 3 rings (SSSR count). The number of nitrogens with one attached hydrogen (secondary N) is 2. The number of non-ortho nitro benzene ring substituents is 1. The van der Waals surface area contributed by atoms with Crippen molar-refractivity contribution >= 4 is 40.3 Å². The van der Waals surface area contributed by atoms with Crippen molar-refractivity contribution in [3.8, 4) is 0 Å². The highest BCUT2D eigenvalue weighted by molar-refractivity contribution is 7.80. The van der Waals surface area contributed by atoms with E-state index in [1.165, 1.54) is 28.7 Å². The van der Waals surface area contributed by atoms with E-state index in [1.807, 2.05) is 6.07 Å². The summed E-state index contributed by atoms with van der Waals surface area (Å²) in [6, 6.07) is 14.7. The Kier molecular flexibility index (Phi) is 6.03. The molecule has 2 aromatic rings. The van der Waals surface area contributed by atoms with Gasteiger partial charge in [0.1, 0.15) is 6.54 Å². The minimum Gasteiger partial charge on any atom is -0.338 e. The molecule has 0 atom stereocenters. The van der Waals surface area contributed by atoms with Crippen molar-refractivity contribution in [1.82, 2.24) is 4.90 Å². The number of quaternary nitrogens is 1. The molecule has 1 saturated heterocycles. The molecule has 0 unspecified atom stereocenters. The Bertz CT molecular complexity index is 795. The molecule has 0 radical (unpaired) electrons. The Morgan fingerprint density at radius 3 is 2.58 bits per heavy atom. The molecule has 136 valence electrons. The molecule has 1 fully saturated rings. The van der Waals surface area contributed by atoms with Gasteiger partial charge >= 0.3 is 0 Å². The van der Waals surface area contributed by atoms with Gasteiger partial charge in [0.05, 0.1) is 41.8 Å². The molecule has 0 bridgehead atoms. The van der Waals surface area contributed by atoms with Gasteiger partial charge in [-0.1, -0.05) is 41.9 Å². The van der Waals surface area contributed by atoms with Crippen LogP contribution in [0.15, 0.2) is 48.5 Å². The monoisotopic (exact) mass is 391 g/mol. The van der Waals surface area contributed by atoms with Crippen LogP contribution in [0.1, 0.15) is 5.56 Å². The Balaban J connectivity index is 1.55. The molecule has 26 heavy (non-hydrogen) atoms. The van der Waals surface area contributed by atoms with E-state index in [4.69, 9.17) is 23.8 Å². The van der Waals surface area contributed by atoms with Crippen molar-refractivity contribution in [1.29, 1.82) is 0 Å². The molecule has 6 nitrogen and oxygen atoms in total. The number of anilines is 1. The van der Waals surface area contributed by atoms with Crippen molar-refractivity contribution in [2.45, 2.75) is 6.54 Å². The van der Waals surface area contributed by atoms with Crippen LogP contribution >= 0.6 is 23.8 Å². The third-order valence-corrected chi connectivity index (χ3v) is 5.15. The lowest BCUT2D eigenvalue weighted by Crippen LogP contribution is -3.13. The number of hydrogen-bond donors (Lipinski definition) is 2. The van der Waals surface area contributed by atoms with Crippen LogP contribution in [-0.2, 0) is 6.54 Å². The summed E-state index contributed by atoms with van der Waals surface area (Å²) < 4.78 is 0. The van der Waals surface area contributed by atoms with E-state index >= 15 is 0 Å². The highest BCUT2D eigenvalue weighted by Gasteiger charge is 2.22. The van der Waals surface area contributed by atoms with Gasteiger partial charge in [-0.15, -0.1) is 0 Å². The largest absolute Gasteiger partial charge is 0.338 e. The van der Waals surface area contributed by atoms with E-state index < -0.39 is 4.92 Å². The van der Waals surface area contributed by atoms with Crippen LogP contribution in [0.4, 0.5) is 11.4 Å². The van der Waals surface area contributed by atoms with Gasteiger partial charge in [0.15, 0.2) is 5.11 Å². The maximum atomic E-state index is 10.9. The summed E-state index contributed by atoms with van der Waals surface area (Å²) in [6.45, 7) is 4.64. The van der Waals surface area contributed by atoms with Gasteiger partial charge in [0.2, 0.25) is 0 Å². The van der Waals surface area contributed by atoms with E-state index in [0.29, 0.717) is 15.8 Å². The van der Waals surface area contributed by atoms with Gasteiger partial charge in [0, 0.05) is 17.7 Å². The van der Waals surface area contributed by atoms with Crippen LogP contribution in [0, 0.1) is 10.1 Å². The molecule has 0 aromatic heterocycles. The maximum absolute atomic E-state index is 10.9. The zero-order valence-corrected chi connectivity index (χ0v) is 15.7. The number of nitro benzene ring substituents is 1. The van der Waals surface area contributed by atoms with E-state index in [1.54, 1.807) is 0 Å². The average molecular weight is 392 g/mol. The quantitative estimate of drug-likeness (QED) is 0.476. The Labute approximate surface area is 162 Å².